The third-order valence-electron chi connectivity index (χ3n) is 5.81. The summed E-state index contributed by atoms with van der Waals surface area (Å²) in [7, 11) is 0. The standard InChI is InChI=1S/C28H24N4O3/c1-3-25(27(33)32-24-16-17(2)29-21-13-7-6-12-20(21)24)35-28(34)19-11-5-4-10-18(19)26-30-22-14-8-9-15-23(22)31-26/h4-16,25H,3H2,1-2H3,(H,30,31)(H,29,32,33). The van der Waals surface area contributed by atoms with Crippen LogP contribution in [0, 0.1) is 6.92 Å². The molecule has 5 aromatic rings. The summed E-state index contributed by atoms with van der Waals surface area (Å²) in [6.45, 7) is 3.67. The lowest BCUT2D eigenvalue weighted by Gasteiger charge is -2.18. The van der Waals surface area contributed by atoms with Gasteiger partial charge in [0.05, 0.1) is 27.8 Å². The molecule has 2 aromatic heterocycles. The number of rotatable bonds is 6. The molecule has 0 saturated heterocycles. The molecule has 1 amide bonds. The molecule has 1 atom stereocenters. The van der Waals surface area contributed by atoms with E-state index < -0.39 is 18.0 Å². The molecular formula is C28H24N4O3. The van der Waals surface area contributed by atoms with E-state index in [2.05, 4.69) is 20.3 Å². The van der Waals surface area contributed by atoms with E-state index in [1.165, 1.54) is 0 Å². The second-order valence-corrected chi connectivity index (χ2v) is 8.27. The molecule has 174 valence electrons. The van der Waals surface area contributed by atoms with Gasteiger partial charge in [-0.2, -0.15) is 0 Å². The molecule has 0 spiro atoms. The molecule has 0 aliphatic heterocycles. The molecule has 0 saturated carbocycles. The number of hydrogen-bond acceptors (Lipinski definition) is 5. The summed E-state index contributed by atoms with van der Waals surface area (Å²) in [5.74, 6) is -0.411. The van der Waals surface area contributed by atoms with Crippen molar-refractivity contribution in [2.45, 2.75) is 26.4 Å². The molecule has 0 aliphatic rings. The predicted molar refractivity (Wildman–Crippen MR) is 136 cm³/mol. The number of carbonyl (C=O) groups excluding carboxylic acids is 2. The highest BCUT2D eigenvalue weighted by atomic mass is 16.5. The topological polar surface area (TPSA) is 97.0 Å². The van der Waals surface area contributed by atoms with Crippen molar-refractivity contribution in [2.24, 2.45) is 0 Å². The van der Waals surface area contributed by atoms with E-state index in [1.54, 1.807) is 25.1 Å². The average Bonchev–Trinajstić information content (AvgIpc) is 3.31. The Hall–Kier alpha value is -4.52. The molecule has 35 heavy (non-hydrogen) atoms. The summed E-state index contributed by atoms with van der Waals surface area (Å²) >= 11 is 0. The first-order valence-corrected chi connectivity index (χ1v) is 11.5. The van der Waals surface area contributed by atoms with Crippen molar-refractivity contribution in [3.05, 3.63) is 90.1 Å². The van der Waals surface area contributed by atoms with Gasteiger partial charge in [0.2, 0.25) is 0 Å². The summed E-state index contributed by atoms with van der Waals surface area (Å²) in [4.78, 5) is 38.7. The zero-order valence-corrected chi connectivity index (χ0v) is 19.4. The van der Waals surface area contributed by atoms with Gasteiger partial charge in [0.15, 0.2) is 6.10 Å². The van der Waals surface area contributed by atoms with Crippen LogP contribution in [0.15, 0.2) is 78.9 Å². The van der Waals surface area contributed by atoms with Crippen LogP contribution >= 0.6 is 0 Å². The maximum atomic E-state index is 13.2. The average molecular weight is 465 g/mol. The Balaban J connectivity index is 1.39. The SMILES string of the molecule is CCC(OC(=O)c1ccccc1-c1nc2ccccc2[nH]1)C(=O)Nc1cc(C)nc2ccccc12. The van der Waals surface area contributed by atoms with Crippen molar-refractivity contribution >= 4 is 39.5 Å². The van der Waals surface area contributed by atoms with Crippen LogP contribution in [0.3, 0.4) is 0 Å². The third kappa shape index (κ3) is 4.48. The number of para-hydroxylation sites is 3. The number of ether oxygens (including phenoxy) is 1. The number of aryl methyl sites for hydroxylation is 1. The van der Waals surface area contributed by atoms with Crippen LogP contribution in [0.1, 0.15) is 29.4 Å². The van der Waals surface area contributed by atoms with Crippen molar-refractivity contribution in [2.75, 3.05) is 5.32 Å². The normalized spacial score (nSPS) is 11.9. The number of hydrogen-bond donors (Lipinski definition) is 2. The molecule has 0 bridgehead atoms. The number of esters is 1. The van der Waals surface area contributed by atoms with Crippen molar-refractivity contribution in [3.8, 4) is 11.4 Å². The maximum absolute atomic E-state index is 13.2. The van der Waals surface area contributed by atoms with Crippen molar-refractivity contribution < 1.29 is 14.3 Å². The number of aromatic amines is 1. The fourth-order valence-corrected chi connectivity index (χ4v) is 4.09. The predicted octanol–water partition coefficient (Wildman–Crippen LogP) is 5.66. The van der Waals surface area contributed by atoms with E-state index in [1.807, 2.05) is 67.6 Å². The van der Waals surface area contributed by atoms with E-state index in [0.29, 0.717) is 29.1 Å². The zero-order chi connectivity index (χ0) is 24.4. The smallest absolute Gasteiger partial charge is 0.339 e. The van der Waals surface area contributed by atoms with Crippen molar-refractivity contribution in [3.63, 3.8) is 0 Å². The molecule has 7 nitrogen and oxygen atoms in total. The lowest BCUT2D eigenvalue weighted by molar-refractivity contribution is -0.124. The molecule has 0 fully saturated rings. The quantitative estimate of drug-likeness (QED) is 0.316. The summed E-state index contributed by atoms with van der Waals surface area (Å²) in [5.41, 5.74) is 4.82. The third-order valence-corrected chi connectivity index (χ3v) is 5.81. The summed E-state index contributed by atoms with van der Waals surface area (Å²) in [6.07, 6.45) is -0.634. The first kappa shape index (κ1) is 22.3. The molecule has 3 aromatic carbocycles. The molecule has 2 heterocycles. The number of amides is 1. The Morgan fingerprint density at radius 3 is 2.46 bits per heavy atom. The lowest BCUT2D eigenvalue weighted by Crippen LogP contribution is -2.32. The largest absolute Gasteiger partial charge is 0.449 e. The summed E-state index contributed by atoms with van der Waals surface area (Å²) < 4.78 is 5.69. The number of nitrogens with one attached hydrogen (secondary N) is 2. The van der Waals surface area contributed by atoms with Crippen LogP contribution in [0.2, 0.25) is 0 Å². The van der Waals surface area contributed by atoms with Gasteiger partial charge >= 0.3 is 5.97 Å². The molecule has 2 N–H and O–H groups in total. The summed E-state index contributed by atoms with van der Waals surface area (Å²) in [6, 6.07) is 24.1. The molecule has 0 aliphatic carbocycles. The van der Waals surface area contributed by atoms with E-state index in [-0.39, 0.29) is 0 Å². The second-order valence-electron chi connectivity index (χ2n) is 8.27. The Labute approximate surface area is 202 Å². The number of fused-ring (bicyclic) bond motifs is 2. The van der Waals surface area contributed by atoms with Crippen LogP contribution in [0.25, 0.3) is 33.3 Å². The highest BCUT2D eigenvalue weighted by molar-refractivity contribution is 6.04. The van der Waals surface area contributed by atoms with Gasteiger partial charge in [0.1, 0.15) is 5.82 Å². The highest BCUT2D eigenvalue weighted by Gasteiger charge is 2.25. The maximum Gasteiger partial charge on any atom is 0.339 e. The van der Waals surface area contributed by atoms with E-state index >= 15 is 0 Å². The zero-order valence-electron chi connectivity index (χ0n) is 19.4. The Morgan fingerprint density at radius 1 is 0.943 bits per heavy atom. The lowest BCUT2D eigenvalue weighted by atomic mass is 10.1. The van der Waals surface area contributed by atoms with E-state index in [0.717, 1.165) is 27.6 Å². The molecule has 5 rings (SSSR count). The first-order chi connectivity index (χ1) is 17.0. The molecular weight excluding hydrogens is 440 g/mol. The number of imidazole rings is 1. The number of pyridine rings is 1. The monoisotopic (exact) mass is 464 g/mol. The molecule has 7 heteroatoms. The van der Waals surface area contributed by atoms with Gasteiger partial charge in [0, 0.05) is 16.6 Å². The number of nitrogens with zero attached hydrogens (tertiary/aromatic N) is 2. The van der Waals surface area contributed by atoms with Gasteiger partial charge in [-0.05, 0) is 43.7 Å². The molecule has 1 unspecified atom stereocenters. The highest BCUT2D eigenvalue weighted by Crippen LogP contribution is 2.26. The fraction of sp³-hybridized carbons (Fsp3) is 0.143. The van der Waals surface area contributed by atoms with Crippen LogP contribution in [-0.2, 0) is 9.53 Å². The van der Waals surface area contributed by atoms with Crippen LogP contribution < -0.4 is 5.32 Å². The van der Waals surface area contributed by atoms with Gasteiger partial charge in [-0.1, -0.05) is 55.5 Å². The van der Waals surface area contributed by atoms with Gasteiger partial charge in [-0.15, -0.1) is 0 Å². The minimum absolute atomic E-state index is 0.326. The number of benzene rings is 3. The number of anilines is 1. The minimum atomic E-state index is -0.960. The second kappa shape index (κ2) is 9.38. The number of aromatic nitrogens is 3. The number of carbonyl (C=O) groups is 2. The van der Waals surface area contributed by atoms with Crippen molar-refractivity contribution in [1.29, 1.82) is 0 Å². The van der Waals surface area contributed by atoms with Gasteiger partial charge in [-0.25, -0.2) is 9.78 Å². The van der Waals surface area contributed by atoms with Gasteiger partial charge in [-0.3, -0.25) is 9.78 Å². The molecule has 0 radical (unpaired) electrons. The summed E-state index contributed by atoms with van der Waals surface area (Å²) in [5, 5.41) is 3.75. The van der Waals surface area contributed by atoms with Crippen LogP contribution in [0.5, 0.6) is 0 Å². The Kier molecular flexibility index (Phi) is 5.97. The van der Waals surface area contributed by atoms with E-state index in [4.69, 9.17) is 4.74 Å². The Bertz CT molecular complexity index is 1520. The minimum Gasteiger partial charge on any atom is -0.449 e. The van der Waals surface area contributed by atoms with Crippen LogP contribution in [0.4, 0.5) is 5.69 Å². The fourth-order valence-electron chi connectivity index (χ4n) is 4.09. The van der Waals surface area contributed by atoms with Gasteiger partial charge < -0.3 is 15.0 Å². The van der Waals surface area contributed by atoms with E-state index in [9.17, 15) is 9.59 Å². The first-order valence-electron chi connectivity index (χ1n) is 11.5. The van der Waals surface area contributed by atoms with Crippen LogP contribution in [-0.4, -0.2) is 32.9 Å². The van der Waals surface area contributed by atoms with Crippen molar-refractivity contribution in [1.82, 2.24) is 15.0 Å². The Morgan fingerprint density at radius 2 is 1.66 bits per heavy atom. The van der Waals surface area contributed by atoms with Gasteiger partial charge in [0.25, 0.3) is 5.91 Å². The number of H-pyrrole nitrogens is 1.